The number of hydrogen-bond donors (Lipinski definition) is 2. The molecule has 65 heavy (non-hydrogen) atoms. The van der Waals surface area contributed by atoms with Crippen LogP contribution in [0.3, 0.4) is 0 Å². The quantitative estimate of drug-likeness (QED) is 0.0464. The van der Waals surface area contributed by atoms with Crippen molar-refractivity contribution in [3.8, 4) is 23.0 Å². The van der Waals surface area contributed by atoms with Crippen LogP contribution in [0.1, 0.15) is 92.2 Å². The number of aliphatic hydroxyl groups is 1. The molecule has 0 bridgehead atoms. The van der Waals surface area contributed by atoms with Crippen molar-refractivity contribution in [1.29, 1.82) is 0 Å². The normalized spacial score (nSPS) is 16.8. The number of nitrogens with zero attached hydrogens (tertiary/aromatic N) is 3. The lowest BCUT2D eigenvalue weighted by atomic mass is 9.73. The molecule has 1 heterocycles. The van der Waals surface area contributed by atoms with E-state index in [2.05, 4.69) is 41.4 Å². The van der Waals surface area contributed by atoms with E-state index in [1.807, 2.05) is 84.9 Å². The van der Waals surface area contributed by atoms with E-state index in [1.165, 1.54) is 5.56 Å². The zero-order valence-electron chi connectivity index (χ0n) is 38.1. The third-order valence-corrected chi connectivity index (χ3v) is 12.7. The summed E-state index contributed by atoms with van der Waals surface area (Å²) in [6.07, 6.45) is 8.47. The number of benzene rings is 5. The molecule has 0 spiro atoms. The molecule has 7 rings (SSSR count). The van der Waals surface area contributed by atoms with E-state index < -0.39 is 6.10 Å². The standard InChI is InChI=1S/C54H64N4O7/c1-39(57(35-41-16-8-6-9-17-41)36-49(60)43-24-28-50(48(33-43)55-38-59)65-37-42-18-10-7-11-19-42)32-40-22-26-45(27-23-40)64-31-15-5-4-14-30-58-54(61)47-21-13-12-20-46(47)53(56-58)44-25-29-51(62-2)52(34-44)63-3/h6-11,16-19,22-29,33-34,38-39,46-47,49,60H,4-5,12-15,20-21,30-32,35-37H2,1-3H3,(H,55,59). The van der Waals surface area contributed by atoms with Crippen LogP contribution in [0.15, 0.2) is 126 Å². The molecule has 5 aromatic carbocycles. The number of hydrazone groups is 1. The molecule has 1 saturated carbocycles. The van der Waals surface area contributed by atoms with Crippen LogP contribution in [0, 0.1) is 11.8 Å². The monoisotopic (exact) mass is 880 g/mol. The molecule has 1 fully saturated rings. The first-order chi connectivity index (χ1) is 31.8. The fourth-order valence-corrected chi connectivity index (χ4v) is 9.06. The first-order valence-corrected chi connectivity index (χ1v) is 23.1. The number of anilines is 1. The number of hydrogen-bond acceptors (Lipinski definition) is 9. The van der Waals surface area contributed by atoms with Gasteiger partial charge >= 0.3 is 0 Å². The largest absolute Gasteiger partial charge is 0.494 e. The summed E-state index contributed by atoms with van der Waals surface area (Å²) in [6.45, 7) is 4.85. The van der Waals surface area contributed by atoms with Gasteiger partial charge in [-0.05, 0) is 110 Å². The Morgan fingerprint density at radius 2 is 1.46 bits per heavy atom. The molecule has 1 aliphatic heterocycles. The van der Waals surface area contributed by atoms with Gasteiger partial charge in [0.25, 0.3) is 0 Å². The van der Waals surface area contributed by atoms with Gasteiger partial charge in [-0.3, -0.25) is 14.5 Å². The number of nitrogens with one attached hydrogen (secondary N) is 1. The van der Waals surface area contributed by atoms with Crippen LogP contribution < -0.4 is 24.3 Å². The number of amides is 2. The number of carbonyl (C=O) groups is 2. The van der Waals surface area contributed by atoms with Crippen LogP contribution in [0.2, 0.25) is 0 Å². The van der Waals surface area contributed by atoms with Gasteiger partial charge in [0.2, 0.25) is 12.3 Å². The van der Waals surface area contributed by atoms with Gasteiger partial charge in [0.1, 0.15) is 18.1 Å². The lowest BCUT2D eigenvalue weighted by molar-refractivity contribution is -0.139. The Labute approximate surface area is 384 Å². The molecule has 5 aromatic rings. The summed E-state index contributed by atoms with van der Waals surface area (Å²) in [5.74, 6) is 3.01. The van der Waals surface area contributed by atoms with Crippen LogP contribution in [0.5, 0.6) is 23.0 Å². The van der Waals surface area contributed by atoms with Gasteiger partial charge in [0.05, 0.1) is 38.3 Å². The van der Waals surface area contributed by atoms with Crippen molar-refractivity contribution in [2.75, 3.05) is 39.2 Å². The third kappa shape index (κ3) is 12.8. The summed E-state index contributed by atoms with van der Waals surface area (Å²) in [5.41, 5.74) is 6.54. The molecule has 0 aromatic heterocycles. The van der Waals surface area contributed by atoms with Gasteiger partial charge in [-0.1, -0.05) is 98.1 Å². The molecule has 2 aliphatic rings. The van der Waals surface area contributed by atoms with Crippen LogP contribution in [0.25, 0.3) is 0 Å². The van der Waals surface area contributed by atoms with Gasteiger partial charge in [0.15, 0.2) is 11.5 Å². The molecule has 0 radical (unpaired) electrons. The Kier molecular flexibility index (Phi) is 17.0. The molecule has 2 amide bonds. The van der Waals surface area contributed by atoms with E-state index in [0.29, 0.717) is 67.8 Å². The maximum Gasteiger partial charge on any atom is 0.246 e. The third-order valence-electron chi connectivity index (χ3n) is 12.7. The molecule has 11 heteroatoms. The van der Waals surface area contributed by atoms with E-state index in [9.17, 15) is 14.7 Å². The zero-order chi connectivity index (χ0) is 45.4. The first kappa shape index (κ1) is 46.8. The van der Waals surface area contributed by atoms with Gasteiger partial charge in [0, 0.05) is 43.1 Å². The highest BCUT2D eigenvalue weighted by Crippen LogP contribution is 2.39. The Balaban J connectivity index is 0.887. The Morgan fingerprint density at radius 1 is 0.769 bits per heavy atom. The van der Waals surface area contributed by atoms with Crippen molar-refractivity contribution in [3.63, 3.8) is 0 Å². The summed E-state index contributed by atoms with van der Waals surface area (Å²) in [5, 5.41) is 21.1. The molecule has 4 atom stereocenters. The predicted octanol–water partition coefficient (Wildman–Crippen LogP) is 10.0. The van der Waals surface area contributed by atoms with Gasteiger partial charge in [-0.2, -0.15) is 5.10 Å². The minimum atomic E-state index is -0.805. The van der Waals surface area contributed by atoms with E-state index in [4.69, 9.17) is 24.0 Å². The van der Waals surface area contributed by atoms with Crippen LogP contribution in [-0.2, 0) is 29.2 Å². The van der Waals surface area contributed by atoms with Crippen molar-refractivity contribution in [3.05, 3.63) is 149 Å². The number of aliphatic hydroxyl groups excluding tert-OH is 1. The van der Waals surface area contributed by atoms with Crippen molar-refractivity contribution in [1.82, 2.24) is 9.91 Å². The smallest absolute Gasteiger partial charge is 0.246 e. The van der Waals surface area contributed by atoms with Crippen LogP contribution >= 0.6 is 0 Å². The van der Waals surface area contributed by atoms with Gasteiger partial charge in [-0.15, -0.1) is 0 Å². The van der Waals surface area contributed by atoms with E-state index in [-0.39, 0.29) is 23.8 Å². The van der Waals surface area contributed by atoms with E-state index >= 15 is 0 Å². The van der Waals surface area contributed by atoms with Crippen LogP contribution in [0.4, 0.5) is 5.69 Å². The second kappa shape index (κ2) is 23.7. The second-order valence-electron chi connectivity index (χ2n) is 17.2. The highest BCUT2D eigenvalue weighted by atomic mass is 16.5. The minimum Gasteiger partial charge on any atom is -0.494 e. The topological polar surface area (TPSA) is 122 Å². The summed E-state index contributed by atoms with van der Waals surface area (Å²) in [4.78, 5) is 27.4. The lowest BCUT2D eigenvalue weighted by Gasteiger charge is -2.38. The Morgan fingerprint density at radius 3 is 2.18 bits per heavy atom. The maximum atomic E-state index is 13.6. The summed E-state index contributed by atoms with van der Waals surface area (Å²) >= 11 is 0. The summed E-state index contributed by atoms with van der Waals surface area (Å²) < 4.78 is 23.3. The molecule has 342 valence electrons. The predicted molar refractivity (Wildman–Crippen MR) is 256 cm³/mol. The van der Waals surface area contributed by atoms with Gasteiger partial charge in [-0.25, -0.2) is 5.01 Å². The number of carbonyl (C=O) groups excluding carboxylic acids is 2. The second-order valence-corrected chi connectivity index (χ2v) is 17.2. The number of unbranched alkanes of at least 4 members (excludes halogenated alkanes) is 3. The fourth-order valence-electron chi connectivity index (χ4n) is 9.06. The van der Waals surface area contributed by atoms with E-state index in [0.717, 1.165) is 85.9 Å². The number of rotatable bonds is 24. The SMILES string of the molecule is COc1ccc(C2=NN(CCCCCCOc3ccc(CC(C)N(Cc4ccccc4)CC(O)c4ccc(OCc5ccccc5)c(NC=O)c4)cc3)C(=O)C3CCCCC23)cc1OC. The minimum absolute atomic E-state index is 0.0171. The first-order valence-electron chi connectivity index (χ1n) is 23.1. The molecule has 0 saturated heterocycles. The van der Waals surface area contributed by atoms with Crippen LogP contribution in [-0.4, -0.2) is 73.0 Å². The maximum absolute atomic E-state index is 13.6. The molecule has 4 unspecified atom stereocenters. The lowest BCUT2D eigenvalue weighted by Crippen LogP contribution is -2.46. The van der Waals surface area contributed by atoms with E-state index in [1.54, 1.807) is 31.4 Å². The molecule has 11 nitrogen and oxygen atoms in total. The highest BCUT2D eigenvalue weighted by Gasteiger charge is 2.41. The average molecular weight is 881 g/mol. The average Bonchev–Trinajstić information content (AvgIpc) is 3.34. The summed E-state index contributed by atoms with van der Waals surface area (Å²) in [6, 6.07) is 40.0. The summed E-state index contributed by atoms with van der Waals surface area (Å²) in [7, 11) is 3.28. The molecule has 2 N–H and O–H groups in total. The number of ether oxygens (including phenoxy) is 4. The number of fused-ring (bicyclic) bond motifs is 1. The highest BCUT2D eigenvalue weighted by molar-refractivity contribution is 6.07. The van der Waals surface area contributed by atoms with Crippen molar-refractivity contribution in [2.24, 2.45) is 16.9 Å². The van der Waals surface area contributed by atoms with Crippen molar-refractivity contribution >= 4 is 23.7 Å². The zero-order valence-corrected chi connectivity index (χ0v) is 38.1. The van der Waals surface area contributed by atoms with Crippen molar-refractivity contribution in [2.45, 2.75) is 90.0 Å². The molecule has 1 aliphatic carbocycles. The molecular formula is C54H64N4O7. The number of methoxy groups -OCH3 is 2. The Bertz CT molecular complexity index is 2310. The molecular weight excluding hydrogens is 817 g/mol. The van der Waals surface area contributed by atoms with Gasteiger partial charge < -0.3 is 29.4 Å². The fraction of sp³-hybridized carbons (Fsp3) is 0.389. The van der Waals surface area contributed by atoms with Crippen molar-refractivity contribution < 1.29 is 33.6 Å². The Hall–Kier alpha value is -6.17.